The second-order valence-corrected chi connectivity index (χ2v) is 3.87. The van der Waals surface area contributed by atoms with Crippen molar-refractivity contribution in [2.24, 2.45) is 0 Å². The van der Waals surface area contributed by atoms with Crippen LogP contribution in [0.3, 0.4) is 0 Å². The van der Waals surface area contributed by atoms with E-state index in [-0.39, 0.29) is 13.2 Å². The number of methoxy groups -OCH3 is 1. The Kier molecular flexibility index (Phi) is 6.56. The maximum atomic E-state index is 11.8. The Hall–Kier alpha value is -1.51. The molecule has 0 radical (unpaired) electrons. The van der Waals surface area contributed by atoms with Crippen LogP contribution in [0.1, 0.15) is 0 Å². The molecule has 0 aliphatic carbocycles. The van der Waals surface area contributed by atoms with Gasteiger partial charge in [-0.1, -0.05) is 12.1 Å². The monoisotopic (exact) mass is 295 g/mol. The maximum Gasteiger partial charge on any atom is 0.413 e. The van der Waals surface area contributed by atoms with Crippen LogP contribution < -0.4 is 15.0 Å². The summed E-state index contributed by atoms with van der Waals surface area (Å²) < 4.78 is 45.6. The highest BCUT2D eigenvalue weighted by Crippen LogP contribution is 2.25. The van der Waals surface area contributed by atoms with Gasteiger partial charge in [0.05, 0.1) is 13.7 Å². The lowest BCUT2D eigenvalue weighted by atomic mass is 10.3. The van der Waals surface area contributed by atoms with Crippen molar-refractivity contribution in [3.8, 4) is 11.5 Å². The Balaban J connectivity index is 2.24. The lowest BCUT2D eigenvalue weighted by Gasteiger charge is -2.15. The number of nitrogens with one attached hydrogen (secondary N) is 1. The summed E-state index contributed by atoms with van der Waals surface area (Å²) in [4.78, 5) is 4.15. The number of hydrogen-bond donors (Lipinski definition) is 2. The largest absolute Gasteiger partial charge is 0.493 e. The molecule has 1 aromatic carbocycles. The predicted molar refractivity (Wildman–Crippen MR) is 64.5 cm³/mol. The van der Waals surface area contributed by atoms with Crippen molar-refractivity contribution in [2.75, 3.05) is 26.9 Å². The summed E-state index contributed by atoms with van der Waals surface area (Å²) in [7, 11) is 1.48. The first kappa shape index (κ1) is 16.5. The molecular weight excluding hydrogens is 279 g/mol. The SMILES string of the molecule is COc1ccccc1OCC(O)CNOCC(F)(F)F. The van der Waals surface area contributed by atoms with Gasteiger partial charge in [-0.05, 0) is 12.1 Å². The molecule has 0 amide bonds. The zero-order chi connectivity index (χ0) is 15.0. The molecule has 0 heterocycles. The molecule has 0 aliphatic heterocycles. The van der Waals surface area contributed by atoms with Crippen molar-refractivity contribution in [1.29, 1.82) is 0 Å². The molecule has 0 spiro atoms. The maximum absolute atomic E-state index is 11.8. The van der Waals surface area contributed by atoms with E-state index >= 15 is 0 Å². The first-order valence-corrected chi connectivity index (χ1v) is 5.77. The van der Waals surface area contributed by atoms with Gasteiger partial charge in [0.25, 0.3) is 0 Å². The first-order valence-electron chi connectivity index (χ1n) is 5.77. The molecule has 0 aromatic heterocycles. The number of aliphatic hydroxyl groups excluding tert-OH is 1. The molecule has 20 heavy (non-hydrogen) atoms. The zero-order valence-electron chi connectivity index (χ0n) is 10.8. The number of ether oxygens (including phenoxy) is 2. The molecule has 1 unspecified atom stereocenters. The molecule has 0 saturated heterocycles. The van der Waals surface area contributed by atoms with Gasteiger partial charge in [0.1, 0.15) is 12.7 Å². The zero-order valence-corrected chi connectivity index (χ0v) is 10.8. The minimum Gasteiger partial charge on any atom is -0.493 e. The van der Waals surface area contributed by atoms with Crippen molar-refractivity contribution in [3.05, 3.63) is 24.3 Å². The van der Waals surface area contributed by atoms with Crippen LogP contribution in [0.15, 0.2) is 24.3 Å². The molecule has 1 rings (SSSR count). The molecule has 1 atom stereocenters. The van der Waals surface area contributed by atoms with Crippen LogP contribution in [0.25, 0.3) is 0 Å². The van der Waals surface area contributed by atoms with Crippen LogP contribution in [-0.4, -0.2) is 44.3 Å². The van der Waals surface area contributed by atoms with Gasteiger partial charge in [0.15, 0.2) is 18.1 Å². The smallest absolute Gasteiger partial charge is 0.413 e. The number of halogens is 3. The average molecular weight is 295 g/mol. The van der Waals surface area contributed by atoms with Crippen molar-refractivity contribution < 1.29 is 32.6 Å². The van der Waals surface area contributed by atoms with E-state index in [1.165, 1.54) is 7.11 Å². The van der Waals surface area contributed by atoms with Gasteiger partial charge >= 0.3 is 6.18 Å². The highest BCUT2D eigenvalue weighted by molar-refractivity contribution is 5.39. The third-order valence-electron chi connectivity index (χ3n) is 2.16. The average Bonchev–Trinajstić information content (AvgIpc) is 2.40. The van der Waals surface area contributed by atoms with Crippen LogP contribution in [0, 0.1) is 0 Å². The summed E-state index contributed by atoms with van der Waals surface area (Å²) in [6, 6.07) is 6.83. The summed E-state index contributed by atoms with van der Waals surface area (Å²) in [6.45, 7) is -1.72. The lowest BCUT2D eigenvalue weighted by Crippen LogP contribution is -2.34. The standard InChI is InChI=1S/C12H16F3NO4/c1-18-10-4-2-3-5-11(10)19-7-9(17)6-16-20-8-12(13,14)15/h2-5,9,16-17H,6-8H2,1H3. The second kappa shape index (κ2) is 7.93. The Morgan fingerprint density at radius 1 is 1.25 bits per heavy atom. The summed E-state index contributed by atoms with van der Waals surface area (Å²) in [6.07, 6.45) is -5.43. The third kappa shape index (κ3) is 6.60. The Bertz CT molecular complexity index is 401. The van der Waals surface area contributed by atoms with Crippen LogP contribution in [0.4, 0.5) is 13.2 Å². The van der Waals surface area contributed by atoms with E-state index in [1.807, 2.05) is 5.48 Å². The van der Waals surface area contributed by atoms with Gasteiger partial charge in [-0.3, -0.25) is 4.84 Å². The molecule has 0 fully saturated rings. The van der Waals surface area contributed by atoms with E-state index in [0.29, 0.717) is 11.5 Å². The Morgan fingerprint density at radius 2 is 1.90 bits per heavy atom. The molecule has 8 heteroatoms. The Morgan fingerprint density at radius 3 is 2.50 bits per heavy atom. The van der Waals surface area contributed by atoms with E-state index < -0.39 is 18.9 Å². The van der Waals surface area contributed by atoms with Gasteiger partial charge in [-0.25, -0.2) is 0 Å². The van der Waals surface area contributed by atoms with E-state index in [4.69, 9.17) is 9.47 Å². The van der Waals surface area contributed by atoms with Gasteiger partial charge in [-0.15, -0.1) is 0 Å². The minimum atomic E-state index is -4.41. The molecule has 0 saturated carbocycles. The number of hydroxylamine groups is 1. The number of alkyl halides is 3. The minimum absolute atomic E-state index is 0.108. The van der Waals surface area contributed by atoms with Gasteiger partial charge in [-0.2, -0.15) is 18.7 Å². The summed E-state index contributed by atoms with van der Waals surface area (Å²) in [5, 5.41) is 9.51. The molecule has 0 bridgehead atoms. The number of rotatable bonds is 8. The van der Waals surface area contributed by atoms with E-state index in [9.17, 15) is 18.3 Å². The molecule has 5 nitrogen and oxygen atoms in total. The lowest BCUT2D eigenvalue weighted by molar-refractivity contribution is -0.191. The fourth-order valence-corrected chi connectivity index (χ4v) is 1.27. The topological polar surface area (TPSA) is 60.0 Å². The van der Waals surface area contributed by atoms with Gasteiger partial charge in [0, 0.05) is 0 Å². The highest BCUT2D eigenvalue weighted by Gasteiger charge is 2.27. The number of hydrogen-bond acceptors (Lipinski definition) is 5. The van der Waals surface area contributed by atoms with Crippen LogP contribution in [0.2, 0.25) is 0 Å². The van der Waals surface area contributed by atoms with Crippen molar-refractivity contribution in [1.82, 2.24) is 5.48 Å². The predicted octanol–water partition coefficient (Wildman–Crippen LogP) is 1.52. The number of benzene rings is 1. The molecule has 2 N–H and O–H groups in total. The third-order valence-corrected chi connectivity index (χ3v) is 2.16. The van der Waals surface area contributed by atoms with Gasteiger partial charge < -0.3 is 14.6 Å². The Labute approximate surface area is 114 Å². The highest BCUT2D eigenvalue weighted by atomic mass is 19.4. The fraction of sp³-hybridized carbons (Fsp3) is 0.500. The normalized spacial score (nSPS) is 13.1. The van der Waals surface area contributed by atoms with E-state index in [2.05, 4.69) is 4.84 Å². The number of aliphatic hydroxyl groups is 1. The first-order chi connectivity index (χ1) is 9.42. The quantitative estimate of drug-likeness (QED) is 0.562. The van der Waals surface area contributed by atoms with Crippen molar-refractivity contribution >= 4 is 0 Å². The fourth-order valence-electron chi connectivity index (χ4n) is 1.27. The molecule has 114 valence electrons. The molecule has 0 aliphatic rings. The van der Waals surface area contributed by atoms with Crippen molar-refractivity contribution in [3.63, 3.8) is 0 Å². The van der Waals surface area contributed by atoms with Crippen LogP contribution >= 0.6 is 0 Å². The van der Waals surface area contributed by atoms with Crippen LogP contribution in [-0.2, 0) is 4.84 Å². The van der Waals surface area contributed by atoms with Gasteiger partial charge in [0.2, 0.25) is 0 Å². The number of para-hydroxylation sites is 2. The second-order valence-electron chi connectivity index (χ2n) is 3.87. The van der Waals surface area contributed by atoms with Crippen LogP contribution in [0.5, 0.6) is 11.5 Å². The van der Waals surface area contributed by atoms with E-state index in [1.54, 1.807) is 24.3 Å². The summed E-state index contributed by atoms with van der Waals surface area (Å²) >= 11 is 0. The van der Waals surface area contributed by atoms with E-state index in [0.717, 1.165) is 0 Å². The summed E-state index contributed by atoms with van der Waals surface area (Å²) in [5.74, 6) is 0.936. The van der Waals surface area contributed by atoms with Crippen molar-refractivity contribution in [2.45, 2.75) is 12.3 Å². The molecule has 1 aromatic rings. The summed E-state index contributed by atoms with van der Waals surface area (Å²) in [5.41, 5.74) is 2.03. The molecular formula is C12H16F3NO4.